The monoisotopic (exact) mass is 584 g/mol. The number of rotatable bonds is 14. The topological polar surface area (TPSA) is 197 Å². The largest absolute Gasteiger partial charge is 0.490 e. The van der Waals surface area contributed by atoms with Crippen molar-refractivity contribution in [1.29, 1.82) is 0 Å². The van der Waals surface area contributed by atoms with Crippen LogP contribution in [0.1, 0.15) is 78.1 Å². The second kappa shape index (κ2) is 19.1. The Kier molecular flexibility index (Phi) is 17.6. The fourth-order valence-corrected chi connectivity index (χ4v) is 4.15. The van der Waals surface area contributed by atoms with E-state index in [1.165, 1.54) is 7.11 Å². The number of nitrogens with two attached hydrogens (primary N) is 1. The van der Waals surface area contributed by atoms with Crippen LogP contribution in [0.2, 0.25) is 0 Å². The summed E-state index contributed by atoms with van der Waals surface area (Å²) in [6.07, 6.45) is 2.71. The molecule has 0 aromatic rings. The standard InChI is InChI=1S/C23H42N4O6.C2HF3O2/c1-4-15(2)19(22(31)33-3)27-20(28)18(14-16-10-6-5-7-11-16)26-23(32)25-17(21(29)30)12-8-9-13-24;3-2(4,5)1(6)7/h15-19H,4-14,24H2,1-3H3,(H,27,28)(H,29,30)(H2,25,26,32);(H,6,7)/t15-,17+,18-,19+;/m1./s1. The minimum atomic E-state index is -5.08. The zero-order valence-electron chi connectivity index (χ0n) is 23.2. The maximum Gasteiger partial charge on any atom is 0.490 e. The SMILES string of the molecule is CC[C@@H](C)[C@H](NC(=O)[C@@H](CC1CCCCC1)NC(=O)N[C@@H](CCCCN)C(=O)O)C(=O)OC.O=C(O)C(F)(F)F. The van der Waals surface area contributed by atoms with Gasteiger partial charge in [0.2, 0.25) is 5.91 Å². The number of nitrogens with one attached hydrogen (secondary N) is 3. The summed E-state index contributed by atoms with van der Waals surface area (Å²) >= 11 is 0. The van der Waals surface area contributed by atoms with E-state index < -0.39 is 54.1 Å². The number of hydrogen-bond donors (Lipinski definition) is 6. The lowest BCUT2D eigenvalue weighted by atomic mass is 9.84. The van der Waals surface area contributed by atoms with E-state index in [4.69, 9.17) is 20.4 Å². The number of esters is 1. The zero-order chi connectivity index (χ0) is 30.9. The molecule has 0 radical (unpaired) electrons. The number of amides is 3. The van der Waals surface area contributed by atoms with Crippen LogP contribution >= 0.6 is 0 Å². The summed E-state index contributed by atoms with van der Waals surface area (Å²) in [5.74, 6) is -4.78. The Balaban J connectivity index is 0.00000191. The van der Waals surface area contributed by atoms with E-state index in [2.05, 4.69) is 16.0 Å². The van der Waals surface area contributed by atoms with Gasteiger partial charge in [-0.2, -0.15) is 13.2 Å². The molecule has 0 bridgehead atoms. The van der Waals surface area contributed by atoms with Crippen LogP contribution < -0.4 is 21.7 Å². The number of carboxylic acid groups (broad SMARTS) is 2. The van der Waals surface area contributed by atoms with Gasteiger partial charge in [-0.15, -0.1) is 0 Å². The lowest BCUT2D eigenvalue weighted by Crippen LogP contribution is -2.57. The summed E-state index contributed by atoms with van der Waals surface area (Å²) in [7, 11) is 1.27. The van der Waals surface area contributed by atoms with Crippen LogP contribution in [0.5, 0.6) is 0 Å². The smallest absolute Gasteiger partial charge is 0.480 e. The van der Waals surface area contributed by atoms with E-state index in [9.17, 15) is 37.5 Å². The highest BCUT2D eigenvalue weighted by molar-refractivity contribution is 5.91. The quantitative estimate of drug-likeness (QED) is 0.131. The Hall–Kier alpha value is -3.10. The number of carboxylic acids is 2. The molecule has 0 heterocycles. The molecule has 4 atom stereocenters. The first-order valence-electron chi connectivity index (χ1n) is 13.4. The first-order valence-corrected chi connectivity index (χ1v) is 13.4. The predicted molar refractivity (Wildman–Crippen MR) is 138 cm³/mol. The highest BCUT2D eigenvalue weighted by Gasteiger charge is 2.38. The average Bonchev–Trinajstić information content (AvgIpc) is 2.90. The number of aliphatic carboxylic acids is 2. The lowest BCUT2D eigenvalue weighted by molar-refractivity contribution is -0.192. The summed E-state index contributed by atoms with van der Waals surface area (Å²) in [6, 6.07) is -3.50. The normalized spacial score (nSPS) is 16.7. The number of carbonyl (C=O) groups is 5. The molecule has 12 nitrogen and oxygen atoms in total. The van der Waals surface area contributed by atoms with Crippen molar-refractivity contribution in [3.63, 3.8) is 0 Å². The van der Waals surface area contributed by atoms with Gasteiger partial charge in [0.05, 0.1) is 7.11 Å². The molecule has 0 aromatic carbocycles. The summed E-state index contributed by atoms with van der Waals surface area (Å²) in [4.78, 5) is 58.4. The van der Waals surface area contributed by atoms with Crippen LogP contribution in [0.25, 0.3) is 0 Å². The summed E-state index contributed by atoms with van der Waals surface area (Å²) < 4.78 is 36.6. The van der Waals surface area contributed by atoms with Gasteiger partial charge in [-0.3, -0.25) is 4.79 Å². The third-order valence-corrected chi connectivity index (χ3v) is 6.67. The highest BCUT2D eigenvalue weighted by Crippen LogP contribution is 2.27. The molecule has 3 amide bonds. The van der Waals surface area contributed by atoms with Gasteiger partial charge in [0.1, 0.15) is 18.1 Å². The average molecular weight is 585 g/mol. The van der Waals surface area contributed by atoms with Crippen LogP contribution in [0.4, 0.5) is 18.0 Å². The van der Waals surface area contributed by atoms with Crippen molar-refractivity contribution in [2.24, 2.45) is 17.6 Å². The van der Waals surface area contributed by atoms with Crippen LogP contribution in [0, 0.1) is 11.8 Å². The van der Waals surface area contributed by atoms with Crippen molar-refractivity contribution >= 4 is 29.8 Å². The molecule has 1 rings (SSSR count). The molecule has 232 valence electrons. The van der Waals surface area contributed by atoms with E-state index in [0.717, 1.165) is 32.1 Å². The Labute approximate surface area is 231 Å². The number of alkyl halides is 3. The Bertz CT molecular complexity index is 822. The van der Waals surface area contributed by atoms with Gasteiger partial charge in [-0.05, 0) is 44.1 Å². The maximum absolute atomic E-state index is 13.1. The second-order valence-electron chi connectivity index (χ2n) is 9.78. The molecule has 15 heteroatoms. The van der Waals surface area contributed by atoms with Gasteiger partial charge >= 0.3 is 30.1 Å². The van der Waals surface area contributed by atoms with E-state index in [-0.39, 0.29) is 18.3 Å². The number of urea groups is 1. The van der Waals surface area contributed by atoms with Crippen LogP contribution in [-0.2, 0) is 23.9 Å². The third-order valence-electron chi connectivity index (χ3n) is 6.67. The molecule has 0 unspecified atom stereocenters. The van der Waals surface area contributed by atoms with Gasteiger partial charge < -0.3 is 36.6 Å². The molecule has 1 fully saturated rings. The van der Waals surface area contributed by atoms with E-state index in [1.807, 2.05) is 13.8 Å². The van der Waals surface area contributed by atoms with Crippen molar-refractivity contribution in [1.82, 2.24) is 16.0 Å². The van der Waals surface area contributed by atoms with Crippen molar-refractivity contribution in [2.45, 2.75) is 102 Å². The molecule has 7 N–H and O–H groups in total. The van der Waals surface area contributed by atoms with Gasteiger partial charge in [-0.1, -0.05) is 52.4 Å². The van der Waals surface area contributed by atoms with Crippen LogP contribution in [0.3, 0.4) is 0 Å². The van der Waals surface area contributed by atoms with Crippen molar-refractivity contribution in [2.75, 3.05) is 13.7 Å². The number of hydrogen-bond acceptors (Lipinski definition) is 7. The molecular formula is C25H43F3N4O8. The Morgan fingerprint density at radius 3 is 1.98 bits per heavy atom. The first kappa shape index (κ1) is 36.9. The number of carbonyl (C=O) groups excluding carboxylic acids is 3. The van der Waals surface area contributed by atoms with E-state index in [1.54, 1.807) is 0 Å². The summed E-state index contributed by atoms with van der Waals surface area (Å²) in [5, 5.41) is 24.4. The van der Waals surface area contributed by atoms with E-state index >= 15 is 0 Å². The number of methoxy groups -OCH3 is 1. The Morgan fingerprint density at radius 2 is 1.52 bits per heavy atom. The summed E-state index contributed by atoms with van der Waals surface area (Å²) in [5.41, 5.74) is 5.46. The maximum atomic E-state index is 13.1. The van der Waals surface area contributed by atoms with E-state index in [0.29, 0.717) is 32.2 Å². The molecule has 0 aromatic heterocycles. The first-order chi connectivity index (χ1) is 18.7. The van der Waals surface area contributed by atoms with Crippen molar-refractivity contribution < 1.29 is 52.1 Å². The fraction of sp³-hybridized carbons (Fsp3) is 0.800. The molecule has 1 saturated carbocycles. The molecular weight excluding hydrogens is 541 g/mol. The minimum absolute atomic E-state index is 0.149. The molecule has 0 saturated heterocycles. The van der Waals surface area contributed by atoms with Gasteiger partial charge in [0.25, 0.3) is 0 Å². The zero-order valence-corrected chi connectivity index (χ0v) is 23.2. The number of unbranched alkanes of at least 4 members (excludes halogenated alkanes) is 1. The van der Waals surface area contributed by atoms with Crippen molar-refractivity contribution in [3.05, 3.63) is 0 Å². The van der Waals surface area contributed by atoms with Gasteiger partial charge in [0, 0.05) is 0 Å². The highest BCUT2D eigenvalue weighted by atomic mass is 19.4. The van der Waals surface area contributed by atoms with Gasteiger partial charge in [0.15, 0.2) is 0 Å². The molecule has 1 aliphatic rings. The van der Waals surface area contributed by atoms with Crippen LogP contribution in [-0.4, -0.2) is 78.0 Å². The van der Waals surface area contributed by atoms with Crippen molar-refractivity contribution in [3.8, 4) is 0 Å². The minimum Gasteiger partial charge on any atom is -0.480 e. The van der Waals surface area contributed by atoms with Crippen LogP contribution in [0.15, 0.2) is 0 Å². The fourth-order valence-electron chi connectivity index (χ4n) is 4.15. The molecule has 0 aliphatic heterocycles. The number of halogens is 3. The lowest BCUT2D eigenvalue weighted by Gasteiger charge is -2.29. The van der Waals surface area contributed by atoms with Gasteiger partial charge in [-0.25, -0.2) is 19.2 Å². The predicted octanol–water partition coefficient (Wildman–Crippen LogP) is 2.54. The Morgan fingerprint density at radius 1 is 0.975 bits per heavy atom. The second-order valence-corrected chi connectivity index (χ2v) is 9.78. The molecule has 40 heavy (non-hydrogen) atoms. The third kappa shape index (κ3) is 14.9. The summed E-state index contributed by atoms with van der Waals surface area (Å²) in [6.45, 7) is 4.20. The molecule has 0 spiro atoms. The molecule has 1 aliphatic carbocycles. The number of ether oxygens (including phenoxy) is 1.